The van der Waals surface area contributed by atoms with Crippen LogP contribution in [0.3, 0.4) is 0 Å². The molecule has 0 bridgehead atoms. The zero-order valence-corrected chi connectivity index (χ0v) is 11.5. The lowest BCUT2D eigenvalue weighted by Gasteiger charge is -2.17. The molecule has 2 rings (SSSR count). The lowest BCUT2D eigenvalue weighted by molar-refractivity contribution is 0.541. The molecule has 3 heteroatoms. The third-order valence-corrected chi connectivity index (χ3v) is 3.45. The van der Waals surface area contributed by atoms with Gasteiger partial charge < -0.3 is 10.3 Å². The maximum atomic E-state index is 11.4. The van der Waals surface area contributed by atoms with E-state index in [-0.39, 0.29) is 11.5 Å². The Labute approximate surface area is 113 Å². The molecule has 0 saturated heterocycles. The molecule has 0 radical (unpaired) electrons. The predicted octanol–water partition coefficient (Wildman–Crippen LogP) is 2.56. The van der Waals surface area contributed by atoms with Crippen molar-refractivity contribution in [3.05, 3.63) is 69.6 Å². The van der Waals surface area contributed by atoms with Crippen molar-refractivity contribution in [3.8, 4) is 0 Å². The fourth-order valence-electron chi connectivity index (χ4n) is 2.38. The second kappa shape index (κ2) is 5.85. The first kappa shape index (κ1) is 13.6. The molecule has 1 atom stereocenters. The monoisotopic (exact) mass is 256 g/mol. The SMILES string of the molecule is Cc1cc(=O)cc(C)n1CCC(N)c1ccccc1. The Balaban J connectivity index is 2.09. The molecule has 1 aromatic carbocycles. The number of rotatable bonds is 4. The molecule has 1 heterocycles. The van der Waals surface area contributed by atoms with Crippen LogP contribution in [0.25, 0.3) is 0 Å². The van der Waals surface area contributed by atoms with Gasteiger partial charge in [-0.15, -0.1) is 0 Å². The number of benzene rings is 1. The van der Waals surface area contributed by atoms with Crippen LogP contribution in [-0.2, 0) is 6.54 Å². The van der Waals surface area contributed by atoms with Crippen LogP contribution >= 0.6 is 0 Å². The molecule has 1 aromatic heterocycles. The molecule has 2 aromatic rings. The fourth-order valence-corrected chi connectivity index (χ4v) is 2.38. The molecular formula is C16H20N2O. The average Bonchev–Trinajstić information content (AvgIpc) is 2.38. The number of aryl methyl sites for hydroxylation is 2. The van der Waals surface area contributed by atoms with Gasteiger partial charge >= 0.3 is 0 Å². The minimum Gasteiger partial charge on any atom is -0.349 e. The van der Waals surface area contributed by atoms with Gasteiger partial charge in [0.2, 0.25) is 0 Å². The largest absolute Gasteiger partial charge is 0.349 e. The first-order valence-electron chi connectivity index (χ1n) is 6.56. The Bertz CT molecular complexity index is 576. The van der Waals surface area contributed by atoms with Crippen LogP contribution in [0.4, 0.5) is 0 Å². The maximum Gasteiger partial charge on any atom is 0.182 e. The van der Waals surface area contributed by atoms with Gasteiger partial charge in [-0.25, -0.2) is 0 Å². The molecule has 2 N–H and O–H groups in total. The molecule has 19 heavy (non-hydrogen) atoms. The van der Waals surface area contributed by atoms with Crippen LogP contribution in [0.2, 0.25) is 0 Å². The molecule has 0 aliphatic heterocycles. The molecule has 0 aliphatic carbocycles. The molecule has 0 fully saturated rings. The minimum absolute atomic E-state index is 0.0272. The highest BCUT2D eigenvalue weighted by Gasteiger charge is 2.07. The van der Waals surface area contributed by atoms with E-state index in [1.54, 1.807) is 12.1 Å². The van der Waals surface area contributed by atoms with E-state index in [0.717, 1.165) is 29.9 Å². The summed E-state index contributed by atoms with van der Waals surface area (Å²) in [5.41, 5.74) is 9.40. The summed E-state index contributed by atoms with van der Waals surface area (Å²) in [6.07, 6.45) is 0.856. The third-order valence-electron chi connectivity index (χ3n) is 3.45. The Morgan fingerprint density at radius 3 is 2.26 bits per heavy atom. The first-order chi connectivity index (χ1) is 9.08. The Morgan fingerprint density at radius 1 is 1.11 bits per heavy atom. The van der Waals surface area contributed by atoms with Gasteiger partial charge in [0.05, 0.1) is 0 Å². The van der Waals surface area contributed by atoms with E-state index in [1.807, 2.05) is 32.0 Å². The Kier molecular flexibility index (Phi) is 4.17. The summed E-state index contributed by atoms with van der Waals surface area (Å²) in [6.45, 7) is 4.75. The smallest absolute Gasteiger partial charge is 0.182 e. The van der Waals surface area contributed by atoms with Crippen LogP contribution in [0.1, 0.15) is 29.4 Å². The lowest BCUT2D eigenvalue weighted by atomic mass is 10.0. The van der Waals surface area contributed by atoms with Crippen LogP contribution in [0.15, 0.2) is 47.3 Å². The van der Waals surface area contributed by atoms with Crippen molar-refractivity contribution in [2.45, 2.75) is 32.9 Å². The van der Waals surface area contributed by atoms with E-state index in [9.17, 15) is 4.79 Å². The number of pyridine rings is 1. The minimum atomic E-state index is 0.0272. The van der Waals surface area contributed by atoms with E-state index in [2.05, 4.69) is 16.7 Å². The number of hydrogen-bond donors (Lipinski definition) is 1. The zero-order chi connectivity index (χ0) is 13.8. The normalized spacial score (nSPS) is 12.4. The second-order valence-electron chi connectivity index (χ2n) is 4.93. The Hall–Kier alpha value is -1.87. The Morgan fingerprint density at radius 2 is 1.68 bits per heavy atom. The van der Waals surface area contributed by atoms with Gasteiger partial charge in [0.15, 0.2) is 5.43 Å². The summed E-state index contributed by atoms with van der Waals surface area (Å²) in [7, 11) is 0. The van der Waals surface area contributed by atoms with E-state index in [1.165, 1.54) is 0 Å². The van der Waals surface area contributed by atoms with Crippen molar-refractivity contribution in [1.82, 2.24) is 4.57 Å². The third kappa shape index (κ3) is 3.32. The maximum absolute atomic E-state index is 11.4. The first-order valence-corrected chi connectivity index (χ1v) is 6.56. The highest BCUT2D eigenvalue weighted by molar-refractivity contribution is 5.18. The molecule has 3 nitrogen and oxygen atoms in total. The molecule has 1 unspecified atom stereocenters. The molecule has 0 amide bonds. The zero-order valence-electron chi connectivity index (χ0n) is 11.5. The van der Waals surface area contributed by atoms with E-state index in [4.69, 9.17) is 5.73 Å². The van der Waals surface area contributed by atoms with Crippen LogP contribution < -0.4 is 11.2 Å². The van der Waals surface area contributed by atoms with E-state index in [0.29, 0.717) is 0 Å². The average molecular weight is 256 g/mol. The van der Waals surface area contributed by atoms with Gasteiger partial charge in [0, 0.05) is 36.1 Å². The van der Waals surface area contributed by atoms with Gasteiger partial charge in [0.1, 0.15) is 0 Å². The molecular weight excluding hydrogens is 236 g/mol. The molecule has 0 saturated carbocycles. The number of nitrogens with zero attached hydrogens (tertiary/aromatic N) is 1. The van der Waals surface area contributed by atoms with Crippen molar-refractivity contribution in [2.75, 3.05) is 0 Å². The van der Waals surface area contributed by atoms with Gasteiger partial charge in [-0.2, -0.15) is 0 Å². The lowest BCUT2D eigenvalue weighted by Crippen LogP contribution is -2.17. The predicted molar refractivity (Wildman–Crippen MR) is 78.2 cm³/mol. The summed E-state index contributed by atoms with van der Waals surface area (Å²) in [4.78, 5) is 11.4. The second-order valence-corrected chi connectivity index (χ2v) is 4.93. The molecule has 100 valence electrons. The summed E-state index contributed by atoms with van der Waals surface area (Å²) in [5.74, 6) is 0. The van der Waals surface area contributed by atoms with Crippen molar-refractivity contribution in [3.63, 3.8) is 0 Å². The topological polar surface area (TPSA) is 48.0 Å². The van der Waals surface area contributed by atoms with Gasteiger partial charge in [0.25, 0.3) is 0 Å². The van der Waals surface area contributed by atoms with E-state index < -0.39 is 0 Å². The highest BCUT2D eigenvalue weighted by atomic mass is 16.1. The summed E-state index contributed by atoms with van der Waals surface area (Å²) in [6, 6.07) is 13.5. The summed E-state index contributed by atoms with van der Waals surface area (Å²) >= 11 is 0. The van der Waals surface area contributed by atoms with Crippen molar-refractivity contribution in [2.24, 2.45) is 5.73 Å². The van der Waals surface area contributed by atoms with Crippen molar-refractivity contribution < 1.29 is 0 Å². The van der Waals surface area contributed by atoms with Crippen LogP contribution in [0, 0.1) is 13.8 Å². The number of aromatic nitrogens is 1. The number of hydrogen-bond acceptors (Lipinski definition) is 2. The summed E-state index contributed by atoms with van der Waals surface area (Å²) < 4.78 is 2.14. The summed E-state index contributed by atoms with van der Waals surface area (Å²) in [5, 5.41) is 0. The van der Waals surface area contributed by atoms with E-state index >= 15 is 0 Å². The standard InChI is InChI=1S/C16H20N2O/c1-12-10-15(19)11-13(2)18(12)9-8-16(17)14-6-4-3-5-7-14/h3-7,10-11,16H,8-9,17H2,1-2H3. The van der Waals surface area contributed by atoms with Gasteiger partial charge in [-0.1, -0.05) is 30.3 Å². The van der Waals surface area contributed by atoms with Gasteiger partial charge in [-0.3, -0.25) is 4.79 Å². The molecule has 0 spiro atoms. The van der Waals surface area contributed by atoms with Crippen molar-refractivity contribution in [1.29, 1.82) is 0 Å². The molecule has 0 aliphatic rings. The number of nitrogens with two attached hydrogens (primary N) is 1. The fraction of sp³-hybridized carbons (Fsp3) is 0.312. The van der Waals surface area contributed by atoms with Crippen LogP contribution in [-0.4, -0.2) is 4.57 Å². The van der Waals surface area contributed by atoms with Crippen molar-refractivity contribution >= 4 is 0 Å². The van der Waals surface area contributed by atoms with Crippen LogP contribution in [0.5, 0.6) is 0 Å². The quantitative estimate of drug-likeness (QED) is 0.914. The van der Waals surface area contributed by atoms with Gasteiger partial charge in [-0.05, 0) is 25.8 Å². The highest BCUT2D eigenvalue weighted by Crippen LogP contribution is 2.15.